The predicted molar refractivity (Wildman–Crippen MR) is 127 cm³/mol. The van der Waals surface area contributed by atoms with Crippen LogP contribution in [0.1, 0.15) is 44.7 Å². The zero-order valence-electron chi connectivity index (χ0n) is 17.5. The van der Waals surface area contributed by atoms with Gasteiger partial charge >= 0.3 is 0 Å². The Morgan fingerprint density at radius 1 is 1.21 bits per heavy atom. The van der Waals surface area contributed by atoms with Gasteiger partial charge in [-0.2, -0.15) is 0 Å². The second kappa shape index (κ2) is 14.1. The minimum Gasteiger partial charge on any atom is -0.385 e. The Morgan fingerprint density at radius 3 is 2.57 bits per heavy atom. The number of benzene rings is 1. The molecule has 0 saturated carbocycles. The molecule has 2 rings (SSSR count). The summed E-state index contributed by atoms with van der Waals surface area (Å²) in [4.78, 5) is 4.89. The number of hydrogen-bond acceptors (Lipinski definition) is 4. The molecule has 3 N–H and O–H groups in total. The lowest BCUT2D eigenvalue weighted by Crippen LogP contribution is -2.53. The largest absolute Gasteiger partial charge is 0.385 e. The molecule has 1 atom stereocenters. The number of halogens is 1. The first-order valence-corrected chi connectivity index (χ1v) is 10.1. The Bertz CT molecular complexity index is 551. The van der Waals surface area contributed by atoms with Gasteiger partial charge < -0.3 is 25.4 Å². The topological polar surface area (TPSA) is 66.9 Å². The van der Waals surface area contributed by atoms with Gasteiger partial charge in [0, 0.05) is 51.6 Å². The summed E-state index contributed by atoms with van der Waals surface area (Å²) in [5.41, 5.74) is 1.26. The molecule has 0 aliphatic carbocycles. The maximum atomic E-state index is 5.62. The number of guanidine groups is 1. The van der Waals surface area contributed by atoms with Gasteiger partial charge in [0.15, 0.2) is 5.96 Å². The van der Waals surface area contributed by atoms with Crippen molar-refractivity contribution in [3.63, 3.8) is 0 Å². The van der Waals surface area contributed by atoms with Crippen LogP contribution in [-0.2, 0) is 9.47 Å². The molecule has 7 heteroatoms. The molecule has 1 aliphatic rings. The summed E-state index contributed by atoms with van der Waals surface area (Å²) in [6.45, 7) is 9.06. The standard InChI is InChI=1S/C21H36N4O2.HI/c1-4-22-20(23-13-8-14-26-3)24-17-21(11-15-27-16-12-21)25-18(2)19-9-6-5-7-10-19;/h5-7,9-10,18,25H,4,8,11-17H2,1-3H3,(H2,22,23,24);1H. The van der Waals surface area contributed by atoms with Crippen LogP contribution in [0.4, 0.5) is 0 Å². The van der Waals surface area contributed by atoms with Gasteiger partial charge in [0.1, 0.15) is 0 Å². The minimum atomic E-state index is -0.0393. The van der Waals surface area contributed by atoms with Crippen LogP contribution < -0.4 is 16.0 Å². The van der Waals surface area contributed by atoms with Crippen LogP contribution in [0.2, 0.25) is 0 Å². The number of ether oxygens (including phenoxy) is 2. The van der Waals surface area contributed by atoms with Gasteiger partial charge in [0.25, 0.3) is 0 Å². The van der Waals surface area contributed by atoms with E-state index in [0.717, 1.165) is 64.7 Å². The molecule has 160 valence electrons. The molecule has 28 heavy (non-hydrogen) atoms. The molecule has 1 aromatic rings. The molecular formula is C21H37IN4O2. The third kappa shape index (κ3) is 8.63. The Balaban J connectivity index is 0.00000392. The molecule has 0 bridgehead atoms. The van der Waals surface area contributed by atoms with Gasteiger partial charge in [-0.05, 0) is 38.7 Å². The predicted octanol–water partition coefficient (Wildman–Crippen LogP) is 3.10. The molecule has 1 unspecified atom stereocenters. The van der Waals surface area contributed by atoms with E-state index in [0.29, 0.717) is 0 Å². The molecule has 0 aromatic heterocycles. The minimum absolute atomic E-state index is 0. The lowest BCUT2D eigenvalue weighted by Gasteiger charge is -2.39. The lowest BCUT2D eigenvalue weighted by atomic mass is 9.88. The van der Waals surface area contributed by atoms with Crippen LogP contribution in [0, 0.1) is 0 Å². The third-order valence-corrected chi connectivity index (χ3v) is 4.97. The average Bonchev–Trinajstić information content (AvgIpc) is 2.70. The van der Waals surface area contributed by atoms with Crippen molar-refractivity contribution in [1.82, 2.24) is 16.0 Å². The van der Waals surface area contributed by atoms with E-state index in [4.69, 9.17) is 14.5 Å². The summed E-state index contributed by atoms with van der Waals surface area (Å²) in [7, 11) is 1.73. The van der Waals surface area contributed by atoms with Gasteiger partial charge in [0.05, 0.1) is 6.54 Å². The van der Waals surface area contributed by atoms with Crippen LogP contribution in [0.5, 0.6) is 0 Å². The fourth-order valence-corrected chi connectivity index (χ4v) is 3.39. The molecule has 6 nitrogen and oxygen atoms in total. The first-order chi connectivity index (χ1) is 13.2. The fraction of sp³-hybridized carbons (Fsp3) is 0.667. The highest BCUT2D eigenvalue weighted by Crippen LogP contribution is 2.25. The molecule has 1 aliphatic heterocycles. The average molecular weight is 504 g/mol. The van der Waals surface area contributed by atoms with E-state index in [1.165, 1.54) is 5.56 Å². The zero-order valence-corrected chi connectivity index (χ0v) is 19.8. The molecule has 1 fully saturated rings. The van der Waals surface area contributed by atoms with E-state index in [2.05, 4.69) is 60.1 Å². The molecule has 1 saturated heterocycles. The van der Waals surface area contributed by atoms with Crippen molar-refractivity contribution in [2.45, 2.75) is 44.7 Å². The Hall–Kier alpha value is -0.900. The first-order valence-electron chi connectivity index (χ1n) is 10.1. The highest BCUT2D eigenvalue weighted by molar-refractivity contribution is 14.0. The molecule has 0 amide bonds. The molecule has 1 aromatic carbocycles. The van der Waals surface area contributed by atoms with Crippen molar-refractivity contribution < 1.29 is 9.47 Å². The SMILES string of the molecule is CCNC(=NCC1(NC(C)c2ccccc2)CCOCC1)NCCCOC.I. The van der Waals surface area contributed by atoms with Crippen molar-refractivity contribution in [3.05, 3.63) is 35.9 Å². The molecule has 1 heterocycles. The quantitative estimate of drug-likeness (QED) is 0.198. The highest BCUT2D eigenvalue weighted by Gasteiger charge is 2.33. The third-order valence-electron chi connectivity index (χ3n) is 4.97. The summed E-state index contributed by atoms with van der Waals surface area (Å²) in [6, 6.07) is 10.9. The highest BCUT2D eigenvalue weighted by atomic mass is 127. The van der Waals surface area contributed by atoms with Crippen LogP contribution >= 0.6 is 24.0 Å². The first kappa shape index (κ1) is 25.1. The normalized spacial score (nSPS) is 17.5. The smallest absolute Gasteiger partial charge is 0.191 e. The van der Waals surface area contributed by atoms with Gasteiger partial charge in [-0.1, -0.05) is 30.3 Å². The van der Waals surface area contributed by atoms with Crippen molar-refractivity contribution in [2.75, 3.05) is 46.6 Å². The summed E-state index contributed by atoms with van der Waals surface area (Å²) in [6.07, 6.45) is 2.90. The number of nitrogens with one attached hydrogen (secondary N) is 3. The summed E-state index contributed by atoms with van der Waals surface area (Å²) in [5, 5.41) is 10.6. The second-order valence-electron chi connectivity index (χ2n) is 7.14. The maximum Gasteiger partial charge on any atom is 0.191 e. The van der Waals surface area contributed by atoms with Gasteiger partial charge in [-0.3, -0.25) is 4.99 Å². The van der Waals surface area contributed by atoms with Gasteiger partial charge in [0.2, 0.25) is 0 Å². The number of rotatable bonds is 10. The van der Waals surface area contributed by atoms with Gasteiger partial charge in [-0.25, -0.2) is 0 Å². The second-order valence-corrected chi connectivity index (χ2v) is 7.14. The van der Waals surface area contributed by atoms with E-state index < -0.39 is 0 Å². The Labute approximate surface area is 187 Å². The van der Waals surface area contributed by atoms with Crippen molar-refractivity contribution in [1.29, 1.82) is 0 Å². The number of nitrogens with zero attached hydrogens (tertiary/aromatic N) is 1. The van der Waals surface area contributed by atoms with Crippen molar-refractivity contribution >= 4 is 29.9 Å². The van der Waals surface area contributed by atoms with Crippen LogP contribution in [0.15, 0.2) is 35.3 Å². The number of methoxy groups -OCH3 is 1. The Kier molecular flexibility index (Phi) is 12.7. The molecule has 0 spiro atoms. The summed E-state index contributed by atoms with van der Waals surface area (Å²) >= 11 is 0. The fourth-order valence-electron chi connectivity index (χ4n) is 3.39. The molecule has 0 radical (unpaired) electrons. The summed E-state index contributed by atoms with van der Waals surface area (Å²) < 4.78 is 10.7. The van der Waals surface area contributed by atoms with Crippen molar-refractivity contribution in [2.24, 2.45) is 4.99 Å². The van der Waals surface area contributed by atoms with Crippen molar-refractivity contribution in [3.8, 4) is 0 Å². The van der Waals surface area contributed by atoms with Crippen LogP contribution in [0.3, 0.4) is 0 Å². The summed E-state index contributed by atoms with van der Waals surface area (Å²) in [5.74, 6) is 0.869. The van der Waals surface area contributed by atoms with Gasteiger partial charge in [-0.15, -0.1) is 24.0 Å². The zero-order chi connectivity index (χ0) is 19.4. The maximum absolute atomic E-state index is 5.62. The number of hydrogen-bond donors (Lipinski definition) is 3. The van der Waals surface area contributed by atoms with E-state index in [1.807, 2.05) is 0 Å². The van der Waals surface area contributed by atoms with Crippen LogP contribution in [-0.4, -0.2) is 58.1 Å². The monoisotopic (exact) mass is 504 g/mol. The molecular weight excluding hydrogens is 467 g/mol. The van der Waals surface area contributed by atoms with E-state index in [9.17, 15) is 0 Å². The van der Waals surface area contributed by atoms with E-state index >= 15 is 0 Å². The Morgan fingerprint density at radius 2 is 1.93 bits per heavy atom. The number of aliphatic imine (C=N–C) groups is 1. The van der Waals surface area contributed by atoms with E-state index in [-0.39, 0.29) is 35.6 Å². The van der Waals surface area contributed by atoms with Crippen LogP contribution in [0.25, 0.3) is 0 Å². The van der Waals surface area contributed by atoms with E-state index in [1.54, 1.807) is 7.11 Å². The lowest BCUT2D eigenvalue weighted by molar-refractivity contribution is 0.0374.